The molecule has 1 aromatic carbocycles. The fourth-order valence-corrected chi connectivity index (χ4v) is 2.44. The van der Waals surface area contributed by atoms with E-state index in [4.69, 9.17) is 21.1 Å². The maximum absolute atomic E-state index is 12.3. The first kappa shape index (κ1) is 16.9. The Morgan fingerprint density at radius 1 is 1.26 bits per heavy atom. The second kappa shape index (κ2) is 7.19. The third-order valence-electron chi connectivity index (χ3n) is 3.07. The van der Waals surface area contributed by atoms with Gasteiger partial charge >= 0.3 is 5.97 Å². The lowest BCUT2D eigenvalue weighted by molar-refractivity contribution is -0.114. The zero-order valence-electron chi connectivity index (χ0n) is 13.1. The summed E-state index contributed by atoms with van der Waals surface area (Å²) in [4.78, 5) is 23.7. The molecule has 23 heavy (non-hydrogen) atoms. The zero-order valence-corrected chi connectivity index (χ0v) is 13.8. The van der Waals surface area contributed by atoms with E-state index in [9.17, 15) is 9.59 Å². The van der Waals surface area contributed by atoms with Gasteiger partial charge in [-0.15, -0.1) is 0 Å². The zero-order chi connectivity index (χ0) is 17.0. The summed E-state index contributed by atoms with van der Waals surface area (Å²) >= 11 is 6.26. The summed E-state index contributed by atoms with van der Waals surface area (Å²) in [5.41, 5.74) is 1.12. The van der Waals surface area contributed by atoms with E-state index in [1.54, 1.807) is 38.3 Å². The number of carbonyl (C=O) groups excluding carboxylic acids is 2. The number of carbonyl (C=O) groups is 2. The van der Waals surface area contributed by atoms with Gasteiger partial charge in [-0.2, -0.15) is 0 Å². The molecule has 0 atom stereocenters. The molecule has 1 heterocycles. The van der Waals surface area contributed by atoms with Gasteiger partial charge in [0.1, 0.15) is 10.9 Å². The SMILES string of the molecule is CCOC(=O)c1c(NC(C)=O)cc(Cl)n1-c1ccc(OC)cc1. The Labute approximate surface area is 139 Å². The molecule has 0 aliphatic heterocycles. The largest absolute Gasteiger partial charge is 0.497 e. The lowest BCUT2D eigenvalue weighted by atomic mass is 10.3. The molecule has 0 aliphatic rings. The number of rotatable bonds is 5. The molecule has 0 aliphatic carbocycles. The standard InChI is InChI=1S/C16H17ClN2O4/c1-4-23-16(21)15-13(18-10(2)20)9-14(17)19(15)11-5-7-12(22-3)8-6-11/h5-9H,4H2,1-3H3,(H,18,20). The molecule has 2 aromatic rings. The van der Waals surface area contributed by atoms with Crippen molar-refractivity contribution in [1.29, 1.82) is 0 Å². The molecule has 1 N–H and O–H groups in total. The van der Waals surface area contributed by atoms with Crippen LogP contribution in [0.2, 0.25) is 5.15 Å². The highest BCUT2D eigenvalue weighted by Gasteiger charge is 2.23. The quantitative estimate of drug-likeness (QED) is 0.851. The predicted molar refractivity (Wildman–Crippen MR) is 87.6 cm³/mol. The highest BCUT2D eigenvalue weighted by molar-refractivity contribution is 6.31. The van der Waals surface area contributed by atoms with E-state index < -0.39 is 5.97 Å². The van der Waals surface area contributed by atoms with E-state index in [0.29, 0.717) is 17.1 Å². The number of amides is 1. The second-order valence-corrected chi connectivity index (χ2v) is 5.05. The Balaban J connectivity index is 2.57. The summed E-state index contributed by atoms with van der Waals surface area (Å²) in [6.07, 6.45) is 0. The number of methoxy groups -OCH3 is 1. The van der Waals surface area contributed by atoms with Gasteiger partial charge in [-0.3, -0.25) is 9.36 Å². The van der Waals surface area contributed by atoms with Crippen LogP contribution in [0, 0.1) is 0 Å². The number of aromatic nitrogens is 1. The summed E-state index contributed by atoms with van der Waals surface area (Å²) in [5, 5.41) is 2.88. The Kier molecular flexibility index (Phi) is 5.28. The van der Waals surface area contributed by atoms with Crippen molar-refractivity contribution in [2.24, 2.45) is 0 Å². The van der Waals surface area contributed by atoms with E-state index in [1.807, 2.05) is 0 Å². The summed E-state index contributed by atoms with van der Waals surface area (Å²) in [7, 11) is 1.57. The monoisotopic (exact) mass is 336 g/mol. The van der Waals surface area contributed by atoms with Gasteiger partial charge < -0.3 is 14.8 Å². The van der Waals surface area contributed by atoms with E-state index in [0.717, 1.165) is 0 Å². The van der Waals surface area contributed by atoms with Crippen molar-refractivity contribution in [3.8, 4) is 11.4 Å². The van der Waals surface area contributed by atoms with E-state index in [-0.39, 0.29) is 23.4 Å². The highest BCUT2D eigenvalue weighted by Crippen LogP contribution is 2.30. The normalized spacial score (nSPS) is 10.3. The van der Waals surface area contributed by atoms with Gasteiger partial charge in [-0.05, 0) is 37.3 Å². The van der Waals surface area contributed by atoms with Crippen molar-refractivity contribution in [3.63, 3.8) is 0 Å². The van der Waals surface area contributed by atoms with Gasteiger partial charge in [-0.1, -0.05) is 11.6 Å². The summed E-state index contributed by atoms with van der Waals surface area (Å²) in [5.74, 6) is -0.199. The van der Waals surface area contributed by atoms with Crippen molar-refractivity contribution >= 4 is 29.2 Å². The molecular weight excluding hydrogens is 320 g/mol. The average molecular weight is 337 g/mol. The molecular formula is C16H17ClN2O4. The molecule has 0 saturated heterocycles. The average Bonchev–Trinajstić information content (AvgIpc) is 2.83. The van der Waals surface area contributed by atoms with Crippen LogP contribution < -0.4 is 10.1 Å². The molecule has 0 spiro atoms. The first-order chi connectivity index (χ1) is 11.0. The Bertz CT molecular complexity index is 722. The summed E-state index contributed by atoms with van der Waals surface area (Å²) in [6, 6.07) is 8.52. The topological polar surface area (TPSA) is 69.6 Å². The molecule has 0 fully saturated rings. The van der Waals surface area contributed by atoms with Crippen LogP contribution in [0.4, 0.5) is 5.69 Å². The number of halogens is 1. The van der Waals surface area contributed by atoms with Crippen molar-refractivity contribution in [3.05, 3.63) is 41.2 Å². The third-order valence-corrected chi connectivity index (χ3v) is 3.34. The smallest absolute Gasteiger partial charge is 0.357 e. The van der Waals surface area contributed by atoms with Gasteiger partial charge in [-0.25, -0.2) is 4.79 Å². The number of hydrogen-bond acceptors (Lipinski definition) is 4. The molecule has 122 valence electrons. The minimum Gasteiger partial charge on any atom is -0.497 e. The Morgan fingerprint density at radius 2 is 1.91 bits per heavy atom. The van der Waals surface area contributed by atoms with Crippen LogP contribution in [0.5, 0.6) is 5.75 Å². The molecule has 0 unspecified atom stereocenters. The van der Waals surface area contributed by atoms with E-state index in [1.165, 1.54) is 17.6 Å². The summed E-state index contributed by atoms with van der Waals surface area (Å²) < 4.78 is 11.7. The summed E-state index contributed by atoms with van der Waals surface area (Å²) in [6.45, 7) is 3.27. The number of benzene rings is 1. The molecule has 2 rings (SSSR count). The predicted octanol–water partition coefficient (Wildman–Crippen LogP) is 3.27. The number of nitrogens with zero attached hydrogens (tertiary/aromatic N) is 1. The van der Waals surface area contributed by atoms with Gasteiger partial charge in [0.15, 0.2) is 5.69 Å². The van der Waals surface area contributed by atoms with Crippen LogP contribution >= 0.6 is 11.6 Å². The maximum Gasteiger partial charge on any atom is 0.357 e. The molecule has 1 amide bonds. The molecule has 0 saturated carbocycles. The second-order valence-electron chi connectivity index (χ2n) is 4.66. The van der Waals surface area contributed by atoms with Crippen LogP contribution in [-0.4, -0.2) is 30.2 Å². The number of hydrogen-bond donors (Lipinski definition) is 1. The van der Waals surface area contributed by atoms with Crippen LogP contribution in [0.1, 0.15) is 24.3 Å². The van der Waals surface area contributed by atoms with Gasteiger partial charge in [0.2, 0.25) is 5.91 Å². The van der Waals surface area contributed by atoms with Crippen LogP contribution in [0.3, 0.4) is 0 Å². The number of anilines is 1. The van der Waals surface area contributed by atoms with Gasteiger partial charge in [0.05, 0.1) is 19.4 Å². The number of esters is 1. The van der Waals surface area contributed by atoms with E-state index >= 15 is 0 Å². The van der Waals surface area contributed by atoms with Crippen LogP contribution in [0.15, 0.2) is 30.3 Å². The van der Waals surface area contributed by atoms with Crippen molar-refractivity contribution < 1.29 is 19.1 Å². The van der Waals surface area contributed by atoms with Crippen LogP contribution in [-0.2, 0) is 9.53 Å². The molecule has 0 bridgehead atoms. The van der Waals surface area contributed by atoms with Crippen LogP contribution in [0.25, 0.3) is 5.69 Å². The fraction of sp³-hybridized carbons (Fsp3) is 0.250. The van der Waals surface area contributed by atoms with Crippen molar-refractivity contribution in [1.82, 2.24) is 4.57 Å². The fourth-order valence-electron chi connectivity index (χ4n) is 2.15. The first-order valence-electron chi connectivity index (χ1n) is 6.98. The Hall–Kier alpha value is -2.47. The van der Waals surface area contributed by atoms with E-state index in [2.05, 4.69) is 5.32 Å². The van der Waals surface area contributed by atoms with Crippen molar-refractivity contribution in [2.45, 2.75) is 13.8 Å². The molecule has 0 radical (unpaired) electrons. The highest BCUT2D eigenvalue weighted by atomic mass is 35.5. The lowest BCUT2D eigenvalue weighted by Gasteiger charge is -2.12. The first-order valence-corrected chi connectivity index (χ1v) is 7.36. The Morgan fingerprint density at radius 3 is 2.43 bits per heavy atom. The van der Waals surface area contributed by atoms with Gasteiger partial charge in [0, 0.05) is 12.6 Å². The van der Waals surface area contributed by atoms with Gasteiger partial charge in [0.25, 0.3) is 0 Å². The minimum absolute atomic E-state index is 0.164. The number of ether oxygens (including phenoxy) is 2. The minimum atomic E-state index is -0.570. The molecule has 6 nitrogen and oxygen atoms in total. The molecule has 1 aromatic heterocycles. The molecule has 7 heteroatoms. The number of nitrogens with one attached hydrogen (secondary N) is 1. The lowest BCUT2D eigenvalue weighted by Crippen LogP contribution is -2.15. The maximum atomic E-state index is 12.3. The third kappa shape index (κ3) is 3.65. The van der Waals surface area contributed by atoms with Crippen molar-refractivity contribution in [2.75, 3.05) is 19.0 Å².